The van der Waals surface area contributed by atoms with E-state index < -0.39 is 0 Å². The molecule has 23 heavy (non-hydrogen) atoms. The first-order chi connectivity index (χ1) is 11.3. The first-order valence-corrected chi connectivity index (χ1v) is 8.29. The minimum atomic E-state index is 0.319. The van der Waals surface area contributed by atoms with Crippen molar-refractivity contribution in [2.75, 3.05) is 6.61 Å². The zero-order valence-electron chi connectivity index (χ0n) is 13.7. The lowest BCUT2D eigenvalue weighted by Gasteiger charge is -2.11. The summed E-state index contributed by atoms with van der Waals surface area (Å²) < 4.78 is 5.92. The summed E-state index contributed by atoms with van der Waals surface area (Å²) in [6.07, 6.45) is 10.6. The molecule has 120 valence electrons. The highest BCUT2D eigenvalue weighted by molar-refractivity contribution is 5.66. The van der Waals surface area contributed by atoms with Gasteiger partial charge in [-0.2, -0.15) is 5.26 Å². The summed E-state index contributed by atoms with van der Waals surface area (Å²) in [5, 5.41) is 8.80. The van der Waals surface area contributed by atoms with Crippen LogP contribution in [-0.4, -0.2) is 16.6 Å². The Balaban J connectivity index is 1.91. The number of unbranched alkanes of at least 4 members (excludes halogenated alkanes) is 5. The van der Waals surface area contributed by atoms with Gasteiger partial charge in [-0.3, -0.25) is 4.98 Å². The molecule has 0 aliphatic carbocycles. The van der Waals surface area contributed by atoms with Gasteiger partial charge in [-0.1, -0.05) is 51.2 Å². The van der Waals surface area contributed by atoms with Crippen LogP contribution in [0.25, 0.3) is 11.3 Å². The molecule has 0 aliphatic rings. The molecule has 0 fully saturated rings. The molecule has 2 aromatic rings. The van der Waals surface area contributed by atoms with Gasteiger partial charge in [-0.05, 0) is 18.6 Å². The number of hydrogen-bond donors (Lipinski definition) is 0. The molecule has 0 aliphatic heterocycles. The monoisotopic (exact) mass is 309 g/mol. The fourth-order valence-corrected chi connectivity index (χ4v) is 2.39. The molecule has 4 nitrogen and oxygen atoms in total. The Morgan fingerprint density at radius 3 is 2.52 bits per heavy atom. The second-order valence-electron chi connectivity index (χ2n) is 5.51. The van der Waals surface area contributed by atoms with E-state index in [1.807, 2.05) is 30.3 Å². The molecule has 0 bridgehead atoms. The average Bonchev–Trinajstić information content (AvgIpc) is 2.61. The van der Waals surface area contributed by atoms with E-state index in [1.165, 1.54) is 38.3 Å². The third-order valence-corrected chi connectivity index (χ3v) is 3.68. The van der Waals surface area contributed by atoms with Crippen LogP contribution in [0.15, 0.2) is 36.7 Å². The highest BCUT2D eigenvalue weighted by Crippen LogP contribution is 2.28. The number of nitriles is 1. The van der Waals surface area contributed by atoms with Crippen LogP contribution in [0, 0.1) is 11.3 Å². The van der Waals surface area contributed by atoms with Gasteiger partial charge in [0.25, 0.3) is 0 Å². The standard InChI is InChI=1S/C19H23N3O/c1-2-3-4-5-6-9-12-23-19-11-8-7-10-17(19)18-15-21-16(13-20)14-22-18/h7-8,10-11,14-15H,2-6,9,12H2,1H3. The van der Waals surface area contributed by atoms with E-state index in [1.54, 1.807) is 6.20 Å². The van der Waals surface area contributed by atoms with Crippen molar-refractivity contribution >= 4 is 0 Å². The number of hydrogen-bond acceptors (Lipinski definition) is 4. The highest BCUT2D eigenvalue weighted by Gasteiger charge is 2.07. The summed E-state index contributed by atoms with van der Waals surface area (Å²) >= 11 is 0. The molecule has 0 N–H and O–H groups in total. The number of nitrogens with zero attached hydrogens (tertiary/aromatic N) is 3. The number of ether oxygens (including phenoxy) is 1. The van der Waals surface area contributed by atoms with E-state index >= 15 is 0 Å². The Bertz CT molecular complexity index is 632. The van der Waals surface area contributed by atoms with Crippen LogP contribution in [-0.2, 0) is 0 Å². The molecule has 0 spiro atoms. The molecule has 1 aromatic carbocycles. The summed E-state index contributed by atoms with van der Waals surface area (Å²) in [4.78, 5) is 8.37. The minimum Gasteiger partial charge on any atom is -0.493 e. The molecule has 0 atom stereocenters. The van der Waals surface area contributed by atoms with Gasteiger partial charge in [0, 0.05) is 5.56 Å². The molecule has 0 amide bonds. The van der Waals surface area contributed by atoms with Gasteiger partial charge in [-0.15, -0.1) is 0 Å². The van der Waals surface area contributed by atoms with E-state index in [-0.39, 0.29) is 0 Å². The van der Waals surface area contributed by atoms with Gasteiger partial charge in [0.15, 0.2) is 5.69 Å². The van der Waals surface area contributed by atoms with E-state index in [4.69, 9.17) is 10.00 Å². The smallest absolute Gasteiger partial charge is 0.158 e. The lowest BCUT2D eigenvalue weighted by molar-refractivity contribution is 0.305. The Morgan fingerprint density at radius 1 is 1.00 bits per heavy atom. The molecule has 0 saturated carbocycles. The third kappa shape index (κ3) is 5.37. The van der Waals surface area contributed by atoms with Crippen LogP contribution in [0.1, 0.15) is 51.1 Å². The zero-order chi connectivity index (χ0) is 16.3. The number of para-hydroxylation sites is 1. The van der Waals surface area contributed by atoms with E-state index in [9.17, 15) is 0 Å². The van der Waals surface area contributed by atoms with Crippen molar-refractivity contribution in [2.24, 2.45) is 0 Å². The average molecular weight is 309 g/mol. The molecule has 1 heterocycles. The largest absolute Gasteiger partial charge is 0.493 e. The SMILES string of the molecule is CCCCCCCCOc1ccccc1-c1cnc(C#N)cn1. The maximum atomic E-state index is 8.80. The third-order valence-electron chi connectivity index (χ3n) is 3.68. The van der Waals surface area contributed by atoms with Crippen LogP contribution >= 0.6 is 0 Å². The molecule has 4 heteroatoms. The molecule has 2 rings (SSSR count). The summed E-state index contributed by atoms with van der Waals surface area (Å²) in [5.41, 5.74) is 1.96. The second-order valence-corrected chi connectivity index (χ2v) is 5.51. The summed E-state index contributed by atoms with van der Waals surface area (Å²) in [7, 11) is 0. The zero-order valence-corrected chi connectivity index (χ0v) is 13.7. The van der Waals surface area contributed by atoms with Crippen LogP contribution in [0.4, 0.5) is 0 Å². The summed E-state index contributed by atoms with van der Waals surface area (Å²) in [5.74, 6) is 0.820. The van der Waals surface area contributed by atoms with Gasteiger partial charge in [0.1, 0.15) is 11.8 Å². The normalized spacial score (nSPS) is 10.3. The molecule has 0 radical (unpaired) electrons. The molecule has 0 unspecified atom stereocenters. The Hall–Kier alpha value is -2.41. The van der Waals surface area contributed by atoms with Crippen molar-refractivity contribution in [2.45, 2.75) is 45.4 Å². The van der Waals surface area contributed by atoms with Gasteiger partial charge in [0.05, 0.1) is 24.7 Å². The maximum Gasteiger partial charge on any atom is 0.158 e. The van der Waals surface area contributed by atoms with Crippen molar-refractivity contribution in [1.82, 2.24) is 9.97 Å². The van der Waals surface area contributed by atoms with E-state index in [0.29, 0.717) is 12.3 Å². The molecule has 1 aromatic heterocycles. The van der Waals surface area contributed by atoms with Crippen molar-refractivity contribution < 1.29 is 4.74 Å². The first-order valence-electron chi connectivity index (χ1n) is 8.29. The molecular weight excluding hydrogens is 286 g/mol. The lowest BCUT2D eigenvalue weighted by atomic mass is 10.1. The van der Waals surface area contributed by atoms with Gasteiger partial charge >= 0.3 is 0 Å². The quantitative estimate of drug-likeness (QED) is 0.627. The van der Waals surface area contributed by atoms with Crippen molar-refractivity contribution in [1.29, 1.82) is 5.26 Å². The first kappa shape index (κ1) is 17.0. The van der Waals surface area contributed by atoms with Crippen LogP contribution in [0.3, 0.4) is 0 Å². The lowest BCUT2D eigenvalue weighted by Crippen LogP contribution is -1.99. The minimum absolute atomic E-state index is 0.319. The molecule has 0 saturated heterocycles. The van der Waals surface area contributed by atoms with E-state index in [0.717, 1.165) is 23.4 Å². The Labute approximate surface area is 138 Å². The van der Waals surface area contributed by atoms with Gasteiger partial charge in [0.2, 0.25) is 0 Å². The van der Waals surface area contributed by atoms with Crippen LogP contribution in [0.5, 0.6) is 5.75 Å². The predicted molar refractivity (Wildman–Crippen MR) is 91.1 cm³/mol. The van der Waals surface area contributed by atoms with Crippen molar-refractivity contribution in [3.63, 3.8) is 0 Å². The van der Waals surface area contributed by atoms with E-state index in [2.05, 4.69) is 16.9 Å². The Morgan fingerprint density at radius 2 is 1.78 bits per heavy atom. The van der Waals surface area contributed by atoms with Gasteiger partial charge < -0.3 is 4.74 Å². The second kappa shape index (κ2) is 9.58. The van der Waals surface area contributed by atoms with Crippen LogP contribution in [0.2, 0.25) is 0 Å². The maximum absolute atomic E-state index is 8.80. The number of benzene rings is 1. The summed E-state index contributed by atoms with van der Waals surface area (Å²) in [6.45, 7) is 2.94. The molecular formula is C19H23N3O. The van der Waals surface area contributed by atoms with Crippen molar-refractivity contribution in [3.8, 4) is 23.1 Å². The van der Waals surface area contributed by atoms with Gasteiger partial charge in [-0.25, -0.2) is 4.98 Å². The predicted octanol–water partition coefficient (Wildman–Crippen LogP) is 4.75. The summed E-state index contributed by atoms with van der Waals surface area (Å²) in [6, 6.07) is 9.80. The van der Waals surface area contributed by atoms with Crippen LogP contribution < -0.4 is 4.74 Å². The topological polar surface area (TPSA) is 58.8 Å². The Kier molecular flexibility index (Phi) is 7.06. The van der Waals surface area contributed by atoms with Crippen molar-refractivity contribution in [3.05, 3.63) is 42.4 Å². The fraction of sp³-hybridized carbons (Fsp3) is 0.421. The number of aromatic nitrogens is 2. The number of rotatable bonds is 9. The fourth-order valence-electron chi connectivity index (χ4n) is 2.39. The highest BCUT2D eigenvalue weighted by atomic mass is 16.5.